The molecule has 0 amide bonds. The highest BCUT2D eigenvalue weighted by Gasteiger charge is 2.33. The molecule has 0 aromatic heterocycles. The third-order valence-corrected chi connectivity index (χ3v) is 1.83. The van der Waals surface area contributed by atoms with E-state index in [9.17, 15) is 18.0 Å². The van der Waals surface area contributed by atoms with Crippen molar-refractivity contribution in [3.63, 3.8) is 0 Å². The highest BCUT2D eigenvalue weighted by atomic mass is 19.4. The number of alkyl halides is 3. The van der Waals surface area contributed by atoms with Crippen molar-refractivity contribution in [1.82, 2.24) is 0 Å². The maximum Gasteiger partial charge on any atom is 0.417 e. The van der Waals surface area contributed by atoms with E-state index in [4.69, 9.17) is 10.4 Å². The van der Waals surface area contributed by atoms with Gasteiger partial charge in [-0.3, -0.25) is 10.3 Å². The van der Waals surface area contributed by atoms with E-state index in [0.717, 1.165) is 6.07 Å². The minimum Gasteiger partial charge on any atom is -0.479 e. The Bertz CT molecular complexity index is 494. The van der Waals surface area contributed by atoms with Crippen molar-refractivity contribution >= 4 is 11.7 Å². The zero-order valence-corrected chi connectivity index (χ0v) is 8.78. The number of nitrogens with zero attached hydrogens (tertiary/aromatic N) is 1. The van der Waals surface area contributed by atoms with Crippen LogP contribution in [0.5, 0.6) is 0 Å². The van der Waals surface area contributed by atoms with Gasteiger partial charge in [0.15, 0.2) is 6.61 Å². The summed E-state index contributed by atoms with van der Waals surface area (Å²) in [5.74, 6) is -1.27. The summed E-state index contributed by atoms with van der Waals surface area (Å²) in [5.41, 5.74) is 0.316. The minimum absolute atomic E-state index is 0.0948. The molecule has 0 atom stereocenters. The molecule has 0 saturated carbocycles. The van der Waals surface area contributed by atoms with Gasteiger partial charge in [-0.2, -0.15) is 18.4 Å². The Morgan fingerprint density at radius 1 is 1.50 bits per heavy atom. The van der Waals surface area contributed by atoms with Gasteiger partial charge in [0.2, 0.25) is 0 Å². The van der Waals surface area contributed by atoms with E-state index in [1.807, 2.05) is 5.48 Å². The van der Waals surface area contributed by atoms with Gasteiger partial charge in [0.05, 0.1) is 22.9 Å². The van der Waals surface area contributed by atoms with Crippen LogP contribution in [0.4, 0.5) is 18.9 Å². The predicted molar refractivity (Wildman–Crippen MR) is 53.4 cm³/mol. The molecule has 0 saturated heterocycles. The number of anilines is 1. The molecule has 0 aliphatic carbocycles. The second-order valence-electron chi connectivity index (χ2n) is 3.15. The zero-order chi connectivity index (χ0) is 13.8. The summed E-state index contributed by atoms with van der Waals surface area (Å²) in [6, 6.07) is 4.23. The summed E-state index contributed by atoms with van der Waals surface area (Å²) in [5, 5.41) is 16.8. The number of hydrogen-bond donors (Lipinski definition) is 2. The quantitative estimate of drug-likeness (QED) is 0.809. The van der Waals surface area contributed by atoms with Crippen LogP contribution >= 0.6 is 0 Å². The second kappa shape index (κ2) is 5.37. The van der Waals surface area contributed by atoms with Gasteiger partial charge in [-0.25, -0.2) is 4.79 Å². The molecule has 0 aliphatic heterocycles. The highest BCUT2D eigenvalue weighted by molar-refractivity contribution is 5.68. The molecule has 0 spiro atoms. The molecule has 1 aromatic carbocycles. The molecule has 0 unspecified atom stereocenters. The molecule has 2 N–H and O–H groups in total. The molecule has 0 fully saturated rings. The van der Waals surface area contributed by atoms with Crippen molar-refractivity contribution in [2.24, 2.45) is 0 Å². The van der Waals surface area contributed by atoms with Crippen LogP contribution in [0.1, 0.15) is 11.1 Å². The summed E-state index contributed by atoms with van der Waals surface area (Å²) in [6.07, 6.45) is -4.67. The SMILES string of the molecule is N#Cc1ccc(NOCC(=O)O)cc1C(F)(F)F. The fourth-order valence-corrected chi connectivity index (χ4v) is 1.12. The van der Waals surface area contributed by atoms with E-state index < -0.39 is 29.9 Å². The zero-order valence-electron chi connectivity index (χ0n) is 8.78. The second-order valence-corrected chi connectivity index (χ2v) is 3.15. The van der Waals surface area contributed by atoms with Crippen LogP contribution in [0.25, 0.3) is 0 Å². The summed E-state index contributed by atoms with van der Waals surface area (Å²) in [4.78, 5) is 14.6. The van der Waals surface area contributed by atoms with Gasteiger partial charge in [0.1, 0.15) is 0 Å². The average molecular weight is 260 g/mol. The lowest BCUT2D eigenvalue weighted by Gasteiger charge is -2.11. The number of rotatable bonds is 4. The number of carboxylic acid groups (broad SMARTS) is 1. The Kier molecular flexibility index (Phi) is 4.12. The van der Waals surface area contributed by atoms with Gasteiger partial charge in [-0.05, 0) is 18.2 Å². The van der Waals surface area contributed by atoms with Gasteiger partial charge < -0.3 is 5.11 Å². The Balaban J connectivity index is 2.91. The Morgan fingerprint density at radius 3 is 2.67 bits per heavy atom. The number of nitriles is 1. The molecular formula is C10H7F3N2O3. The first-order valence-electron chi connectivity index (χ1n) is 4.55. The number of benzene rings is 1. The van der Waals surface area contributed by atoms with Crippen LogP contribution in [0.2, 0.25) is 0 Å². The fraction of sp³-hybridized carbons (Fsp3) is 0.200. The summed E-state index contributed by atoms with van der Waals surface area (Å²) >= 11 is 0. The maximum atomic E-state index is 12.6. The topological polar surface area (TPSA) is 82.3 Å². The number of carbonyl (C=O) groups is 1. The van der Waals surface area contributed by atoms with Crippen molar-refractivity contribution in [2.75, 3.05) is 12.1 Å². The van der Waals surface area contributed by atoms with E-state index in [-0.39, 0.29) is 5.69 Å². The largest absolute Gasteiger partial charge is 0.479 e. The first-order valence-corrected chi connectivity index (χ1v) is 4.55. The van der Waals surface area contributed by atoms with E-state index in [2.05, 4.69) is 4.84 Å². The third-order valence-electron chi connectivity index (χ3n) is 1.83. The number of halogens is 3. The van der Waals surface area contributed by atoms with Gasteiger partial charge >= 0.3 is 12.1 Å². The molecule has 8 heteroatoms. The first-order chi connectivity index (χ1) is 8.34. The van der Waals surface area contributed by atoms with Crippen LogP contribution in [0.3, 0.4) is 0 Å². The number of aliphatic carboxylic acids is 1. The van der Waals surface area contributed by atoms with Crippen molar-refractivity contribution in [2.45, 2.75) is 6.18 Å². The Morgan fingerprint density at radius 2 is 2.17 bits per heavy atom. The summed E-state index contributed by atoms with van der Waals surface area (Å²) in [7, 11) is 0. The molecule has 18 heavy (non-hydrogen) atoms. The molecule has 0 bridgehead atoms. The van der Waals surface area contributed by atoms with E-state index in [0.29, 0.717) is 6.07 Å². The first kappa shape index (κ1) is 13.8. The number of carboxylic acids is 1. The van der Waals surface area contributed by atoms with Crippen LogP contribution in [0.15, 0.2) is 18.2 Å². The summed E-state index contributed by atoms with van der Waals surface area (Å²) < 4.78 is 37.7. The van der Waals surface area contributed by atoms with Gasteiger partial charge in [-0.1, -0.05) is 0 Å². The third kappa shape index (κ3) is 3.64. The van der Waals surface area contributed by atoms with Crippen molar-refractivity contribution in [3.8, 4) is 6.07 Å². The standard InChI is InChI=1S/C10H7F3N2O3/c11-10(12,13)8-3-7(2-1-6(8)4-14)15-18-5-9(16)17/h1-3,15H,5H2,(H,16,17). The highest BCUT2D eigenvalue weighted by Crippen LogP contribution is 2.33. The van der Waals surface area contributed by atoms with Crippen LogP contribution < -0.4 is 5.48 Å². The number of hydrogen-bond acceptors (Lipinski definition) is 4. The van der Waals surface area contributed by atoms with Gasteiger partial charge in [0, 0.05) is 0 Å². The van der Waals surface area contributed by atoms with E-state index in [1.54, 1.807) is 0 Å². The molecular weight excluding hydrogens is 253 g/mol. The fourth-order valence-electron chi connectivity index (χ4n) is 1.12. The summed E-state index contributed by atoms with van der Waals surface area (Å²) in [6.45, 7) is -0.707. The average Bonchev–Trinajstić information content (AvgIpc) is 2.27. The smallest absolute Gasteiger partial charge is 0.417 e. The molecule has 1 rings (SSSR count). The normalized spacial score (nSPS) is 10.8. The van der Waals surface area contributed by atoms with Gasteiger partial charge in [0.25, 0.3) is 0 Å². The monoisotopic (exact) mass is 260 g/mol. The maximum absolute atomic E-state index is 12.6. The molecule has 1 aromatic rings. The van der Waals surface area contributed by atoms with Crippen LogP contribution in [-0.4, -0.2) is 17.7 Å². The van der Waals surface area contributed by atoms with Crippen molar-refractivity contribution in [3.05, 3.63) is 29.3 Å². The van der Waals surface area contributed by atoms with Crippen molar-refractivity contribution < 1.29 is 27.9 Å². The lowest BCUT2D eigenvalue weighted by atomic mass is 10.1. The Hall–Kier alpha value is -2.27. The van der Waals surface area contributed by atoms with Gasteiger partial charge in [-0.15, -0.1) is 0 Å². The minimum atomic E-state index is -4.67. The molecule has 96 valence electrons. The predicted octanol–water partition coefficient (Wildman–Crippen LogP) is 2.01. The molecule has 0 radical (unpaired) electrons. The van der Waals surface area contributed by atoms with E-state index in [1.165, 1.54) is 12.1 Å². The molecule has 0 heterocycles. The Labute approximate surface area is 99.4 Å². The molecule has 0 aliphatic rings. The van der Waals surface area contributed by atoms with Crippen LogP contribution in [0, 0.1) is 11.3 Å². The van der Waals surface area contributed by atoms with E-state index >= 15 is 0 Å². The lowest BCUT2D eigenvalue weighted by Crippen LogP contribution is -2.13. The van der Waals surface area contributed by atoms with Crippen molar-refractivity contribution in [1.29, 1.82) is 5.26 Å². The van der Waals surface area contributed by atoms with Crippen LogP contribution in [-0.2, 0) is 15.8 Å². The number of nitrogens with one attached hydrogen (secondary N) is 1. The lowest BCUT2D eigenvalue weighted by molar-refractivity contribution is -0.141. The molecule has 5 nitrogen and oxygen atoms in total.